The Balaban J connectivity index is 4.19. The van der Waals surface area contributed by atoms with Crippen LogP contribution in [0.25, 0.3) is 0 Å². The van der Waals surface area contributed by atoms with Gasteiger partial charge in [0.1, 0.15) is 0 Å². The smallest absolute Gasteiger partial charge is 0.267 e. The van der Waals surface area contributed by atoms with Crippen LogP contribution in [0, 0.1) is 0 Å². The number of hydrogen-bond donors (Lipinski definition) is 2. The molecule has 0 rings (SSSR count). The monoisotopic (exact) mass is 255 g/mol. The van der Waals surface area contributed by atoms with Crippen molar-refractivity contribution in [1.82, 2.24) is 16.0 Å². The minimum Gasteiger partial charge on any atom is -0.267 e. The van der Waals surface area contributed by atoms with E-state index in [4.69, 9.17) is 0 Å². The van der Waals surface area contributed by atoms with Gasteiger partial charge in [-0.1, -0.05) is 40.2 Å². The zero-order valence-electron chi connectivity index (χ0n) is 12.2. The van der Waals surface area contributed by atoms with Gasteiger partial charge in [0, 0.05) is 18.7 Å². The van der Waals surface area contributed by atoms with Gasteiger partial charge in [0.15, 0.2) is 0 Å². The molecule has 0 aromatic rings. The summed E-state index contributed by atoms with van der Waals surface area (Å²) in [4.78, 5) is 12.2. The van der Waals surface area contributed by atoms with Gasteiger partial charge in [-0.2, -0.15) is 0 Å². The molecule has 0 bridgehead atoms. The standard InChI is InChI=1S/C14H29N3O/c1-5-8-9-10-13(4)14(18)17(15-11-6-2)16-12-7-3/h15-16H,4-12H2,1-3H3. The Kier molecular flexibility index (Phi) is 10.7. The molecular formula is C14H29N3O. The molecule has 0 aliphatic carbocycles. The third kappa shape index (κ3) is 7.45. The summed E-state index contributed by atoms with van der Waals surface area (Å²) in [6, 6.07) is 0. The quantitative estimate of drug-likeness (QED) is 0.339. The molecule has 4 nitrogen and oxygen atoms in total. The highest BCUT2D eigenvalue weighted by Crippen LogP contribution is 2.08. The molecule has 0 radical (unpaired) electrons. The highest BCUT2D eigenvalue weighted by Gasteiger charge is 2.15. The first-order valence-electron chi connectivity index (χ1n) is 7.16. The first-order valence-corrected chi connectivity index (χ1v) is 7.16. The lowest BCUT2D eigenvalue weighted by Gasteiger charge is -2.24. The van der Waals surface area contributed by atoms with Crippen LogP contribution in [0.15, 0.2) is 12.2 Å². The van der Waals surface area contributed by atoms with Crippen LogP contribution in [-0.4, -0.2) is 24.1 Å². The molecule has 0 aromatic heterocycles. The number of nitrogens with zero attached hydrogens (tertiary/aromatic N) is 1. The molecule has 4 heteroatoms. The van der Waals surface area contributed by atoms with Crippen LogP contribution in [0.3, 0.4) is 0 Å². The van der Waals surface area contributed by atoms with E-state index in [-0.39, 0.29) is 5.91 Å². The number of nitrogens with one attached hydrogen (secondary N) is 2. The molecule has 0 atom stereocenters. The molecular weight excluding hydrogens is 226 g/mol. The fourth-order valence-corrected chi connectivity index (χ4v) is 1.50. The summed E-state index contributed by atoms with van der Waals surface area (Å²) in [5.41, 5.74) is 6.85. The Morgan fingerprint density at radius 3 is 2.00 bits per heavy atom. The molecule has 0 saturated carbocycles. The highest BCUT2D eigenvalue weighted by atomic mass is 16.2. The fourth-order valence-electron chi connectivity index (χ4n) is 1.50. The van der Waals surface area contributed by atoms with Crippen molar-refractivity contribution in [3.63, 3.8) is 0 Å². The third-order valence-electron chi connectivity index (χ3n) is 2.63. The largest absolute Gasteiger partial charge is 0.278 e. The minimum absolute atomic E-state index is 0.0343. The summed E-state index contributed by atoms with van der Waals surface area (Å²) in [5.74, 6) is -0.0343. The predicted octanol–water partition coefficient (Wildman–Crippen LogP) is 2.78. The van der Waals surface area contributed by atoms with Gasteiger partial charge in [0.2, 0.25) is 0 Å². The van der Waals surface area contributed by atoms with Crippen molar-refractivity contribution in [2.24, 2.45) is 0 Å². The van der Waals surface area contributed by atoms with E-state index < -0.39 is 0 Å². The molecule has 18 heavy (non-hydrogen) atoms. The summed E-state index contributed by atoms with van der Waals surface area (Å²) in [6.07, 6.45) is 6.10. The first-order chi connectivity index (χ1) is 8.67. The number of rotatable bonds is 11. The normalized spacial score (nSPS) is 10.4. The zero-order chi connectivity index (χ0) is 13.8. The van der Waals surface area contributed by atoms with Crippen molar-refractivity contribution >= 4 is 5.91 Å². The van der Waals surface area contributed by atoms with Gasteiger partial charge in [0.25, 0.3) is 5.91 Å². The number of carbonyl (C=O) groups excluding carboxylic acids is 1. The lowest BCUT2D eigenvalue weighted by atomic mass is 10.1. The Hall–Kier alpha value is -0.870. The fraction of sp³-hybridized carbons (Fsp3) is 0.786. The molecule has 0 unspecified atom stereocenters. The van der Waals surface area contributed by atoms with E-state index in [9.17, 15) is 4.79 Å². The van der Waals surface area contributed by atoms with Crippen molar-refractivity contribution in [2.45, 2.75) is 59.3 Å². The van der Waals surface area contributed by atoms with Crippen LogP contribution in [-0.2, 0) is 4.79 Å². The van der Waals surface area contributed by atoms with Crippen molar-refractivity contribution in [2.75, 3.05) is 13.1 Å². The minimum atomic E-state index is -0.0343. The van der Waals surface area contributed by atoms with Crippen LogP contribution in [0.4, 0.5) is 0 Å². The van der Waals surface area contributed by atoms with Crippen molar-refractivity contribution in [1.29, 1.82) is 0 Å². The van der Waals surface area contributed by atoms with Gasteiger partial charge < -0.3 is 0 Å². The molecule has 0 heterocycles. The van der Waals surface area contributed by atoms with E-state index in [0.717, 1.165) is 51.6 Å². The highest BCUT2D eigenvalue weighted by molar-refractivity contribution is 5.92. The van der Waals surface area contributed by atoms with Gasteiger partial charge in [-0.25, -0.2) is 16.0 Å². The van der Waals surface area contributed by atoms with Crippen molar-refractivity contribution < 1.29 is 4.79 Å². The lowest BCUT2D eigenvalue weighted by Crippen LogP contribution is -2.52. The van der Waals surface area contributed by atoms with E-state index in [1.54, 1.807) is 0 Å². The summed E-state index contributed by atoms with van der Waals surface area (Å²) < 4.78 is 0. The molecule has 0 spiro atoms. The SMILES string of the molecule is C=C(CCCCC)C(=O)N(NCCC)NCCC. The molecule has 2 N–H and O–H groups in total. The van der Waals surface area contributed by atoms with Crippen LogP contribution in [0.5, 0.6) is 0 Å². The number of hydrazine groups is 2. The van der Waals surface area contributed by atoms with E-state index in [2.05, 4.69) is 38.2 Å². The first kappa shape index (κ1) is 17.1. The summed E-state index contributed by atoms with van der Waals surface area (Å²) in [5, 5.41) is 1.50. The van der Waals surface area contributed by atoms with Gasteiger partial charge in [0.05, 0.1) is 0 Å². The van der Waals surface area contributed by atoms with E-state index >= 15 is 0 Å². The molecule has 0 aliphatic heterocycles. The molecule has 1 amide bonds. The van der Waals surface area contributed by atoms with Crippen LogP contribution in [0.2, 0.25) is 0 Å². The average molecular weight is 255 g/mol. The third-order valence-corrected chi connectivity index (χ3v) is 2.63. The predicted molar refractivity (Wildman–Crippen MR) is 76.7 cm³/mol. The second kappa shape index (κ2) is 11.2. The number of hydrogen-bond acceptors (Lipinski definition) is 3. The summed E-state index contributed by atoms with van der Waals surface area (Å²) in [7, 11) is 0. The van der Waals surface area contributed by atoms with Gasteiger partial charge >= 0.3 is 0 Å². The molecule has 0 fully saturated rings. The molecule has 0 aliphatic rings. The van der Waals surface area contributed by atoms with Crippen molar-refractivity contribution in [3.8, 4) is 0 Å². The number of amides is 1. The molecule has 106 valence electrons. The molecule has 0 aromatic carbocycles. The average Bonchev–Trinajstić information content (AvgIpc) is 2.38. The second-order valence-corrected chi connectivity index (χ2v) is 4.52. The lowest BCUT2D eigenvalue weighted by molar-refractivity contribution is -0.134. The van der Waals surface area contributed by atoms with E-state index in [1.165, 1.54) is 5.12 Å². The van der Waals surface area contributed by atoms with Crippen LogP contribution in [0.1, 0.15) is 59.3 Å². The van der Waals surface area contributed by atoms with E-state index in [1.807, 2.05) is 0 Å². The Morgan fingerprint density at radius 2 is 1.56 bits per heavy atom. The van der Waals surface area contributed by atoms with Gasteiger partial charge in [-0.05, 0) is 25.7 Å². The number of carbonyl (C=O) groups is 1. The topological polar surface area (TPSA) is 44.4 Å². The maximum atomic E-state index is 12.2. The van der Waals surface area contributed by atoms with Gasteiger partial charge in [-0.3, -0.25) is 4.79 Å². The molecule has 0 saturated heterocycles. The summed E-state index contributed by atoms with van der Waals surface area (Å²) >= 11 is 0. The zero-order valence-corrected chi connectivity index (χ0v) is 12.2. The summed E-state index contributed by atoms with van der Waals surface area (Å²) in [6.45, 7) is 11.8. The Labute approximate surface area is 112 Å². The second-order valence-electron chi connectivity index (χ2n) is 4.52. The van der Waals surface area contributed by atoms with Gasteiger partial charge in [-0.15, -0.1) is 0 Å². The Bertz CT molecular complexity index is 233. The maximum Gasteiger partial charge on any atom is 0.278 e. The Morgan fingerprint density at radius 1 is 1.00 bits per heavy atom. The van der Waals surface area contributed by atoms with Crippen molar-refractivity contribution in [3.05, 3.63) is 12.2 Å². The van der Waals surface area contributed by atoms with Crippen LogP contribution >= 0.6 is 0 Å². The van der Waals surface area contributed by atoms with Crippen LogP contribution < -0.4 is 10.9 Å². The van der Waals surface area contributed by atoms with E-state index in [0.29, 0.717) is 5.57 Å². The number of unbranched alkanes of at least 4 members (excludes halogenated alkanes) is 2. The maximum absolute atomic E-state index is 12.2.